The number of hydrogen-bond donors (Lipinski definition) is 1. The van der Waals surface area contributed by atoms with Gasteiger partial charge in [0.15, 0.2) is 0 Å². The number of carbonyl (C=O) groups is 2. The molecule has 0 bridgehead atoms. The van der Waals surface area contributed by atoms with Crippen LogP contribution >= 0.6 is 0 Å². The summed E-state index contributed by atoms with van der Waals surface area (Å²) in [6.45, 7) is 0. The molecule has 0 unspecified atom stereocenters. The fourth-order valence-corrected chi connectivity index (χ4v) is 1.59. The zero-order valence-electron chi connectivity index (χ0n) is 12.5. The molecule has 0 radical (unpaired) electrons. The maximum Gasteiger partial charge on any atom is 1.00 e. The zero-order chi connectivity index (χ0) is 15.4. The van der Waals surface area contributed by atoms with Crippen LogP contribution in [0.2, 0.25) is 0 Å². The van der Waals surface area contributed by atoms with Crippen molar-refractivity contribution in [1.29, 1.82) is 0 Å². The van der Waals surface area contributed by atoms with E-state index in [0.717, 1.165) is 12.1 Å². The summed E-state index contributed by atoms with van der Waals surface area (Å²) < 4.78 is 0. The van der Waals surface area contributed by atoms with Gasteiger partial charge in [0.05, 0.1) is 17.2 Å². The third-order valence-corrected chi connectivity index (χ3v) is 2.59. The van der Waals surface area contributed by atoms with Crippen molar-refractivity contribution in [1.82, 2.24) is 0 Å². The molecule has 0 heterocycles. The number of nitrogens with zero attached hydrogens (tertiary/aromatic N) is 2. The van der Waals surface area contributed by atoms with E-state index in [1.54, 1.807) is 12.1 Å². The fourth-order valence-electron chi connectivity index (χ4n) is 1.59. The summed E-state index contributed by atoms with van der Waals surface area (Å²) in [7, 11) is 0. The van der Waals surface area contributed by atoms with E-state index in [-0.39, 0.29) is 76.1 Å². The number of benzene rings is 2. The minimum Gasteiger partial charge on any atom is -0.872 e. The maximum atomic E-state index is 11.3. The molecule has 0 amide bonds. The summed E-state index contributed by atoms with van der Waals surface area (Å²) in [6.07, 6.45) is 0. The van der Waals surface area contributed by atoms with Gasteiger partial charge in [0.1, 0.15) is 5.69 Å². The molecule has 106 valence electrons. The molecular formula is C14H8N2Na2O5. The van der Waals surface area contributed by atoms with E-state index in [1.807, 2.05) is 0 Å². The summed E-state index contributed by atoms with van der Waals surface area (Å²) in [5, 5.41) is 38.5. The van der Waals surface area contributed by atoms with Gasteiger partial charge in [-0.05, 0) is 29.8 Å². The molecular weight excluding hydrogens is 322 g/mol. The minimum atomic E-state index is -1.61. The fraction of sp³-hybridized carbons (Fsp3) is 0. The van der Waals surface area contributed by atoms with Gasteiger partial charge in [-0.1, -0.05) is 23.9 Å². The molecule has 0 saturated carbocycles. The summed E-state index contributed by atoms with van der Waals surface area (Å²) in [6, 6.07) is 9.28. The minimum absolute atomic E-state index is 0. The first-order valence-electron chi connectivity index (χ1n) is 5.75. The van der Waals surface area contributed by atoms with Crippen LogP contribution in [-0.2, 0) is 0 Å². The summed E-state index contributed by atoms with van der Waals surface area (Å²) in [4.78, 5) is 21.7. The van der Waals surface area contributed by atoms with Crippen LogP contribution in [0.25, 0.3) is 0 Å². The molecule has 2 aromatic rings. The molecule has 0 aliphatic heterocycles. The van der Waals surface area contributed by atoms with Gasteiger partial charge in [-0.3, -0.25) is 0 Å². The van der Waals surface area contributed by atoms with Crippen LogP contribution in [0.15, 0.2) is 52.7 Å². The molecule has 9 heteroatoms. The van der Waals surface area contributed by atoms with Gasteiger partial charge in [-0.25, -0.2) is 4.79 Å². The Labute approximate surface area is 175 Å². The van der Waals surface area contributed by atoms with E-state index in [1.165, 1.54) is 18.2 Å². The summed E-state index contributed by atoms with van der Waals surface area (Å²) in [5.41, 5.74) is -0.347. The quantitative estimate of drug-likeness (QED) is 0.445. The molecule has 0 atom stereocenters. The standard InChI is InChI=1S/C14H10N2O5.2Na/c17-12-6-5-8(7-10(12)14(20)21)15-16-11-4-2-1-3-9(11)13(18)19;;/h1-7,17H,(H,18,19)(H,20,21);;/q;2*+1/p-2. The van der Waals surface area contributed by atoms with Gasteiger partial charge in [-0.15, -0.1) is 5.11 Å². The maximum absolute atomic E-state index is 11.3. The normalized spacial score (nSPS) is 9.74. The molecule has 0 aliphatic rings. The van der Waals surface area contributed by atoms with Crippen molar-refractivity contribution in [3.63, 3.8) is 0 Å². The van der Waals surface area contributed by atoms with Crippen LogP contribution in [0.4, 0.5) is 11.4 Å². The number of carboxylic acids is 2. The van der Waals surface area contributed by atoms with E-state index in [9.17, 15) is 19.8 Å². The van der Waals surface area contributed by atoms with Crippen molar-refractivity contribution in [2.24, 2.45) is 10.2 Å². The largest absolute Gasteiger partial charge is 1.00 e. The average molecular weight is 330 g/mol. The number of aromatic carboxylic acids is 2. The Balaban J connectivity index is 0.00000242. The predicted octanol–water partition coefficient (Wildman–Crippen LogP) is -4.75. The molecule has 0 spiro atoms. The second-order valence-corrected chi connectivity index (χ2v) is 3.99. The van der Waals surface area contributed by atoms with Crippen molar-refractivity contribution < 1.29 is 84.0 Å². The Morgan fingerprint density at radius 1 is 0.957 bits per heavy atom. The predicted molar refractivity (Wildman–Crippen MR) is 67.8 cm³/mol. The zero-order valence-corrected chi connectivity index (χ0v) is 16.5. The monoisotopic (exact) mass is 330 g/mol. The van der Waals surface area contributed by atoms with Crippen LogP contribution in [0.1, 0.15) is 20.7 Å². The third-order valence-electron chi connectivity index (χ3n) is 2.59. The van der Waals surface area contributed by atoms with Crippen molar-refractivity contribution >= 4 is 23.3 Å². The molecule has 0 aliphatic carbocycles. The van der Waals surface area contributed by atoms with Gasteiger partial charge in [0.25, 0.3) is 0 Å². The second-order valence-electron chi connectivity index (χ2n) is 3.99. The number of carbonyl (C=O) groups excluding carboxylic acids is 1. The van der Waals surface area contributed by atoms with Crippen molar-refractivity contribution in [3.05, 3.63) is 53.6 Å². The van der Waals surface area contributed by atoms with Gasteiger partial charge in [0.2, 0.25) is 0 Å². The van der Waals surface area contributed by atoms with Crippen LogP contribution in [0.5, 0.6) is 5.75 Å². The van der Waals surface area contributed by atoms with E-state index >= 15 is 0 Å². The molecule has 2 aromatic carbocycles. The Morgan fingerprint density at radius 3 is 2.22 bits per heavy atom. The van der Waals surface area contributed by atoms with E-state index in [0.29, 0.717) is 0 Å². The number of carboxylic acid groups (broad SMARTS) is 2. The Bertz CT molecular complexity index is 750. The van der Waals surface area contributed by atoms with Gasteiger partial charge < -0.3 is 20.1 Å². The SMILES string of the molecule is O=C([O-])c1cc(N=Nc2ccccc2C(=O)O)ccc1[O-].[Na+].[Na+]. The summed E-state index contributed by atoms with van der Waals surface area (Å²) >= 11 is 0. The molecule has 1 N–H and O–H groups in total. The molecule has 23 heavy (non-hydrogen) atoms. The van der Waals surface area contributed by atoms with Crippen LogP contribution in [-0.4, -0.2) is 17.0 Å². The number of hydrogen-bond acceptors (Lipinski definition) is 6. The van der Waals surface area contributed by atoms with Crippen molar-refractivity contribution in [2.75, 3.05) is 0 Å². The molecule has 7 nitrogen and oxygen atoms in total. The van der Waals surface area contributed by atoms with Crippen LogP contribution in [0.3, 0.4) is 0 Å². The molecule has 0 fully saturated rings. The molecule has 0 saturated heterocycles. The smallest absolute Gasteiger partial charge is 0.872 e. The average Bonchev–Trinajstić information content (AvgIpc) is 2.46. The van der Waals surface area contributed by atoms with Gasteiger partial charge in [0, 0.05) is 0 Å². The van der Waals surface area contributed by atoms with Crippen LogP contribution < -0.4 is 69.3 Å². The number of azo groups is 1. The number of rotatable bonds is 4. The van der Waals surface area contributed by atoms with Crippen LogP contribution in [0, 0.1) is 0 Å². The topological polar surface area (TPSA) is 125 Å². The van der Waals surface area contributed by atoms with Crippen molar-refractivity contribution in [3.8, 4) is 5.75 Å². The van der Waals surface area contributed by atoms with E-state index in [2.05, 4.69) is 10.2 Å². The summed E-state index contributed by atoms with van der Waals surface area (Å²) in [5.74, 6) is -3.46. The first-order chi connectivity index (χ1) is 9.99. The second kappa shape index (κ2) is 9.82. The first kappa shape index (κ1) is 21.8. The molecule has 2 rings (SSSR count). The van der Waals surface area contributed by atoms with E-state index in [4.69, 9.17) is 5.11 Å². The van der Waals surface area contributed by atoms with Crippen molar-refractivity contribution in [2.45, 2.75) is 0 Å². The van der Waals surface area contributed by atoms with Gasteiger partial charge >= 0.3 is 65.1 Å². The Morgan fingerprint density at radius 2 is 1.61 bits per heavy atom. The first-order valence-corrected chi connectivity index (χ1v) is 5.75. The third kappa shape index (κ3) is 5.72. The van der Waals surface area contributed by atoms with E-state index < -0.39 is 23.3 Å². The van der Waals surface area contributed by atoms with Gasteiger partial charge in [-0.2, -0.15) is 5.11 Å². The molecule has 0 aromatic heterocycles. The Kier molecular flexibility index (Phi) is 9.29. The Hall–Kier alpha value is -1.22.